The van der Waals surface area contributed by atoms with Gasteiger partial charge in [0.1, 0.15) is 5.82 Å². The molecule has 4 rings (SSSR count). The Labute approximate surface area is 191 Å². The van der Waals surface area contributed by atoms with Crippen LogP contribution in [-0.4, -0.2) is 94.9 Å². The van der Waals surface area contributed by atoms with E-state index in [0.29, 0.717) is 5.91 Å². The number of para-hydroxylation sites is 2. The van der Waals surface area contributed by atoms with Crippen molar-refractivity contribution in [1.29, 1.82) is 0 Å². The van der Waals surface area contributed by atoms with Gasteiger partial charge >= 0.3 is 0 Å². The molecule has 1 unspecified atom stereocenters. The second kappa shape index (κ2) is 10.8. The first kappa shape index (κ1) is 22.6. The van der Waals surface area contributed by atoms with Crippen LogP contribution in [0.2, 0.25) is 0 Å². The number of fused-ring (bicyclic) bond motifs is 1. The van der Waals surface area contributed by atoms with Crippen molar-refractivity contribution in [3.05, 3.63) is 30.1 Å². The lowest BCUT2D eigenvalue weighted by Crippen LogP contribution is -2.57. The third-order valence-corrected chi connectivity index (χ3v) is 6.54. The predicted octanol–water partition coefficient (Wildman–Crippen LogP) is 2.09. The largest absolute Gasteiger partial charge is 0.357 e. The highest BCUT2D eigenvalue weighted by Crippen LogP contribution is 2.14. The highest BCUT2D eigenvalue weighted by Gasteiger charge is 2.30. The fourth-order valence-electron chi connectivity index (χ4n) is 4.66. The number of carbonyl (C=O) groups is 1. The number of aliphatic imine (C=N–C) groups is 1. The first-order valence-corrected chi connectivity index (χ1v) is 12.2. The maximum absolute atomic E-state index is 12.7. The molecule has 32 heavy (non-hydrogen) atoms. The van der Waals surface area contributed by atoms with Gasteiger partial charge in [-0.3, -0.25) is 14.7 Å². The number of aromatic amines is 1. The van der Waals surface area contributed by atoms with Crippen molar-refractivity contribution in [2.75, 3.05) is 52.4 Å². The number of guanidine groups is 1. The summed E-state index contributed by atoms with van der Waals surface area (Å²) in [5.41, 5.74) is 2.12. The minimum Gasteiger partial charge on any atom is -0.357 e. The van der Waals surface area contributed by atoms with Gasteiger partial charge in [0, 0.05) is 58.8 Å². The van der Waals surface area contributed by atoms with E-state index in [2.05, 4.69) is 45.0 Å². The molecule has 2 saturated heterocycles. The van der Waals surface area contributed by atoms with E-state index in [1.54, 1.807) is 0 Å². The molecule has 2 aliphatic rings. The van der Waals surface area contributed by atoms with E-state index < -0.39 is 0 Å². The molecule has 1 aromatic carbocycles. The van der Waals surface area contributed by atoms with Gasteiger partial charge in [-0.05, 0) is 45.2 Å². The van der Waals surface area contributed by atoms with Gasteiger partial charge in [-0.25, -0.2) is 4.98 Å². The number of hydrogen-bond donors (Lipinski definition) is 2. The smallest absolute Gasteiger partial charge is 0.239 e. The maximum Gasteiger partial charge on any atom is 0.239 e. The summed E-state index contributed by atoms with van der Waals surface area (Å²) in [4.78, 5) is 32.3. The van der Waals surface area contributed by atoms with Gasteiger partial charge < -0.3 is 20.1 Å². The van der Waals surface area contributed by atoms with Crippen LogP contribution in [0.3, 0.4) is 0 Å². The van der Waals surface area contributed by atoms with Gasteiger partial charge in [0.25, 0.3) is 0 Å². The number of aryl methyl sites for hydroxylation is 1. The molecular formula is C24H37N7O. The molecule has 1 amide bonds. The average molecular weight is 440 g/mol. The van der Waals surface area contributed by atoms with E-state index in [-0.39, 0.29) is 6.04 Å². The number of aromatic nitrogens is 2. The molecule has 2 aromatic rings. The van der Waals surface area contributed by atoms with Crippen LogP contribution in [0.25, 0.3) is 11.0 Å². The molecule has 2 aliphatic heterocycles. The van der Waals surface area contributed by atoms with Crippen molar-refractivity contribution in [1.82, 2.24) is 30.0 Å². The molecule has 0 aliphatic carbocycles. The molecule has 8 nitrogen and oxygen atoms in total. The minimum atomic E-state index is -0.0291. The van der Waals surface area contributed by atoms with Gasteiger partial charge in [0.15, 0.2) is 5.96 Å². The Bertz CT molecular complexity index is 877. The molecule has 2 N–H and O–H groups in total. The summed E-state index contributed by atoms with van der Waals surface area (Å²) in [6.45, 7) is 11.2. The van der Waals surface area contributed by atoms with E-state index in [1.165, 1.54) is 0 Å². The number of nitrogens with zero attached hydrogens (tertiary/aromatic N) is 5. The highest BCUT2D eigenvalue weighted by atomic mass is 16.2. The van der Waals surface area contributed by atoms with E-state index >= 15 is 0 Å². The fraction of sp³-hybridized carbons (Fsp3) is 0.625. The second-order valence-corrected chi connectivity index (χ2v) is 8.77. The van der Waals surface area contributed by atoms with Crippen molar-refractivity contribution in [2.45, 2.75) is 45.6 Å². The van der Waals surface area contributed by atoms with Gasteiger partial charge in [0.05, 0.1) is 17.1 Å². The summed E-state index contributed by atoms with van der Waals surface area (Å²) in [5, 5.41) is 3.44. The van der Waals surface area contributed by atoms with Crippen LogP contribution in [0.4, 0.5) is 0 Å². The number of rotatable bonds is 7. The number of imidazole rings is 1. The van der Waals surface area contributed by atoms with Gasteiger partial charge in [-0.2, -0.15) is 0 Å². The van der Waals surface area contributed by atoms with Crippen molar-refractivity contribution in [2.24, 2.45) is 4.99 Å². The van der Waals surface area contributed by atoms with Crippen LogP contribution in [0, 0.1) is 0 Å². The lowest BCUT2D eigenvalue weighted by molar-refractivity contribution is -0.135. The lowest BCUT2D eigenvalue weighted by atomic mass is 10.2. The molecule has 1 aromatic heterocycles. The third-order valence-electron chi connectivity index (χ3n) is 6.54. The lowest BCUT2D eigenvalue weighted by Gasteiger charge is -2.39. The molecule has 0 saturated carbocycles. The number of piperazine rings is 1. The molecule has 3 heterocycles. The van der Waals surface area contributed by atoms with E-state index in [0.717, 1.165) is 101 Å². The highest BCUT2D eigenvalue weighted by molar-refractivity contribution is 5.82. The third kappa shape index (κ3) is 5.41. The monoisotopic (exact) mass is 439 g/mol. The number of carbonyl (C=O) groups excluding carboxylic acids is 1. The number of likely N-dealkylation sites (tertiary alicyclic amines) is 1. The van der Waals surface area contributed by atoms with E-state index in [1.807, 2.05) is 23.1 Å². The molecule has 0 radical (unpaired) electrons. The van der Waals surface area contributed by atoms with Gasteiger partial charge in [0.2, 0.25) is 5.91 Å². The summed E-state index contributed by atoms with van der Waals surface area (Å²) in [7, 11) is 0. The number of amides is 1. The van der Waals surface area contributed by atoms with Crippen LogP contribution in [0.1, 0.15) is 38.9 Å². The normalized spacial score (nSPS) is 19.0. The Hall–Kier alpha value is -2.61. The molecule has 2 fully saturated rings. The van der Waals surface area contributed by atoms with Crippen molar-refractivity contribution < 1.29 is 4.79 Å². The fourth-order valence-corrected chi connectivity index (χ4v) is 4.66. The zero-order chi connectivity index (χ0) is 22.3. The summed E-state index contributed by atoms with van der Waals surface area (Å²) in [5.74, 6) is 2.30. The quantitative estimate of drug-likeness (QED) is 0.392. The number of H-pyrrole nitrogens is 1. The molecule has 8 heteroatoms. The Morgan fingerprint density at radius 2 is 1.88 bits per heavy atom. The Morgan fingerprint density at radius 3 is 2.59 bits per heavy atom. The summed E-state index contributed by atoms with van der Waals surface area (Å²) in [6.07, 6.45) is 4.13. The number of nitrogens with one attached hydrogen (secondary N) is 2. The van der Waals surface area contributed by atoms with Crippen molar-refractivity contribution in [3.63, 3.8) is 0 Å². The molecular weight excluding hydrogens is 402 g/mol. The van der Waals surface area contributed by atoms with Crippen molar-refractivity contribution >= 4 is 22.9 Å². The minimum absolute atomic E-state index is 0.0291. The van der Waals surface area contributed by atoms with E-state index in [4.69, 9.17) is 4.99 Å². The topological polar surface area (TPSA) is 79.9 Å². The SMILES string of the molecule is CCNC(=NCCCc1nc2ccccc2[nH]1)N1CCN(C(C)C(=O)N2CCCC2)CC1. The van der Waals surface area contributed by atoms with Crippen LogP contribution in [-0.2, 0) is 11.2 Å². The molecule has 0 spiro atoms. The number of hydrogen-bond acceptors (Lipinski definition) is 4. The molecule has 174 valence electrons. The predicted molar refractivity (Wildman–Crippen MR) is 129 cm³/mol. The molecule has 0 bridgehead atoms. The zero-order valence-corrected chi connectivity index (χ0v) is 19.5. The van der Waals surface area contributed by atoms with Crippen LogP contribution < -0.4 is 5.32 Å². The van der Waals surface area contributed by atoms with Crippen LogP contribution in [0.15, 0.2) is 29.3 Å². The second-order valence-electron chi connectivity index (χ2n) is 8.77. The van der Waals surface area contributed by atoms with Crippen molar-refractivity contribution in [3.8, 4) is 0 Å². The summed E-state index contributed by atoms with van der Waals surface area (Å²) >= 11 is 0. The Kier molecular flexibility index (Phi) is 7.63. The maximum atomic E-state index is 12.7. The number of benzene rings is 1. The van der Waals surface area contributed by atoms with Crippen LogP contribution in [0.5, 0.6) is 0 Å². The van der Waals surface area contributed by atoms with E-state index in [9.17, 15) is 4.79 Å². The molecule has 1 atom stereocenters. The Balaban J connectivity index is 1.26. The zero-order valence-electron chi connectivity index (χ0n) is 19.5. The standard InChI is InChI=1S/C24H37N7O/c1-3-25-24(26-12-8-11-22-27-20-9-4-5-10-21(20)28-22)31-17-15-29(16-18-31)19(2)23(32)30-13-6-7-14-30/h4-5,9-10,19H,3,6-8,11-18H2,1-2H3,(H,25,26)(H,27,28). The summed E-state index contributed by atoms with van der Waals surface area (Å²) in [6, 6.07) is 8.12. The van der Waals surface area contributed by atoms with Gasteiger partial charge in [-0.1, -0.05) is 12.1 Å². The van der Waals surface area contributed by atoms with Gasteiger partial charge in [-0.15, -0.1) is 0 Å². The average Bonchev–Trinajstić information content (AvgIpc) is 3.50. The summed E-state index contributed by atoms with van der Waals surface area (Å²) < 4.78 is 0. The first-order chi connectivity index (χ1) is 15.7. The first-order valence-electron chi connectivity index (χ1n) is 12.2. The Morgan fingerprint density at radius 1 is 1.12 bits per heavy atom. The van der Waals surface area contributed by atoms with Crippen LogP contribution >= 0.6 is 0 Å².